The van der Waals surface area contributed by atoms with Gasteiger partial charge in [-0.15, -0.1) is 0 Å². The number of nitrogens with one attached hydrogen (secondary N) is 1. The van der Waals surface area contributed by atoms with Gasteiger partial charge in [-0.05, 0) is 25.5 Å². The first-order chi connectivity index (χ1) is 11.7. The molecule has 2 aliphatic heterocycles. The number of aliphatic imine (C=N–C) groups is 2. The molecule has 0 aromatic heterocycles. The van der Waals surface area contributed by atoms with Crippen LogP contribution in [0, 0.1) is 0 Å². The van der Waals surface area contributed by atoms with E-state index >= 15 is 0 Å². The third-order valence-corrected chi connectivity index (χ3v) is 4.70. The number of piperazine rings is 1. The Morgan fingerprint density at radius 2 is 2.00 bits per heavy atom. The fraction of sp³-hybridized carbons (Fsp3) is 0.368. The number of fused-ring (bicyclic) bond motifs is 1. The van der Waals surface area contributed by atoms with E-state index in [9.17, 15) is 5.11 Å². The monoisotopic (exact) mass is 322 g/mol. The third-order valence-electron chi connectivity index (χ3n) is 4.70. The van der Waals surface area contributed by atoms with Gasteiger partial charge in [0.05, 0.1) is 11.6 Å². The Bertz CT molecular complexity index is 769. The number of nitrogens with zero attached hydrogens (tertiary/aromatic N) is 3. The third kappa shape index (κ3) is 2.76. The van der Waals surface area contributed by atoms with Gasteiger partial charge in [0.1, 0.15) is 11.6 Å². The van der Waals surface area contributed by atoms with Gasteiger partial charge < -0.3 is 15.3 Å². The molecule has 2 N–H and O–H groups in total. The fourth-order valence-electron chi connectivity index (χ4n) is 3.40. The molecule has 0 spiro atoms. The van der Waals surface area contributed by atoms with E-state index in [1.54, 1.807) is 6.07 Å². The molecular weight excluding hydrogens is 300 g/mol. The van der Waals surface area contributed by atoms with E-state index in [0.29, 0.717) is 11.4 Å². The van der Waals surface area contributed by atoms with E-state index < -0.39 is 0 Å². The summed E-state index contributed by atoms with van der Waals surface area (Å²) >= 11 is 0. The summed E-state index contributed by atoms with van der Waals surface area (Å²) in [6, 6.07) is 7.28. The molecule has 3 aliphatic rings. The first kappa shape index (κ1) is 15.1. The number of allylic oxidation sites excluding steroid dienone is 2. The van der Waals surface area contributed by atoms with Crippen LogP contribution >= 0.6 is 0 Å². The number of para-hydroxylation sites is 1. The van der Waals surface area contributed by atoms with Crippen molar-refractivity contribution in [1.82, 2.24) is 10.2 Å². The zero-order valence-electron chi connectivity index (χ0n) is 13.9. The maximum absolute atomic E-state index is 10.2. The first-order valence-electron chi connectivity index (χ1n) is 8.50. The molecule has 0 radical (unpaired) electrons. The van der Waals surface area contributed by atoms with Crippen molar-refractivity contribution in [2.45, 2.75) is 19.4 Å². The molecule has 4 rings (SSSR count). The highest BCUT2D eigenvalue weighted by Gasteiger charge is 2.30. The van der Waals surface area contributed by atoms with Gasteiger partial charge in [0.15, 0.2) is 5.84 Å². The van der Waals surface area contributed by atoms with Crippen LogP contribution in [0.3, 0.4) is 0 Å². The normalized spacial score (nSPS) is 23.7. The molecule has 1 aromatic rings. The van der Waals surface area contributed by atoms with E-state index in [2.05, 4.69) is 29.3 Å². The molecule has 1 fully saturated rings. The van der Waals surface area contributed by atoms with Crippen LogP contribution < -0.4 is 5.32 Å². The van der Waals surface area contributed by atoms with Crippen LogP contribution in [0.25, 0.3) is 0 Å². The molecule has 24 heavy (non-hydrogen) atoms. The Kier molecular flexibility index (Phi) is 3.94. The summed E-state index contributed by atoms with van der Waals surface area (Å²) in [6.07, 6.45) is 5.43. The van der Waals surface area contributed by atoms with Crippen LogP contribution in [0.1, 0.15) is 18.9 Å². The van der Waals surface area contributed by atoms with Gasteiger partial charge in [-0.1, -0.05) is 29.9 Å². The zero-order valence-corrected chi connectivity index (χ0v) is 13.9. The summed E-state index contributed by atoms with van der Waals surface area (Å²) in [7, 11) is 0. The van der Waals surface area contributed by atoms with Gasteiger partial charge in [-0.25, -0.2) is 4.99 Å². The summed E-state index contributed by atoms with van der Waals surface area (Å²) in [5, 5.41) is 13.6. The molecule has 1 atom stereocenters. The standard InChI is InChI=1S/C19H22N4O/c1-13-6-7-14-16(12-13)21-18(15-4-2-3-5-17(15)24)22-19(14)23-10-8-20-9-11-23/h2-5,7,12,16,20,24H,6,8-11H2,1H3. The van der Waals surface area contributed by atoms with Crippen molar-refractivity contribution < 1.29 is 5.11 Å². The summed E-state index contributed by atoms with van der Waals surface area (Å²) in [6.45, 7) is 5.96. The second-order valence-corrected chi connectivity index (χ2v) is 6.46. The van der Waals surface area contributed by atoms with E-state index in [0.717, 1.165) is 38.4 Å². The Morgan fingerprint density at radius 3 is 2.79 bits per heavy atom. The van der Waals surface area contributed by atoms with Crippen molar-refractivity contribution in [3.8, 4) is 5.75 Å². The van der Waals surface area contributed by atoms with Crippen LogP contribution in [0.5, 0.6) is 5.75 Å². The Morgan fingerprint density at radius 1 is 1.21 bits per heavy atom. The molecule has 1 saturated heterocycles. The molecule has 0 bridgehead atoms. The van der Waals surface area contributed by atoms with Gasteiger partial charge in [-0.2, -0.15) is 0 Å². The number of rotatable bonds is 1. The van der Waals surface area contributed by atoms with Crippen molar-refractivity contribution in [1.29, 1.82) is 0 Å². The van der Waals surface area contributed by atoms with E-state index in [1.165, 1.54) is 11.1 Å². The number of phenols is 1. The SMILES string of the molecule is CC1=CC2N=C(c3ccccc3O)N=C(N3CCNCC3)C2=CC1. The van der Waals surface area contributed by atoms with Crippen molar-refractivity contribution in [3.05, 3.63) is 53.1 Å². The summed E-state index contributed by atoms with van der Waals surface area (Å²) in [5.74, 6) is 1.86. The minimum absolute atomic E-state index is 0.00394. The minimum atomic E-state index is -0.00394. The maximum atomic E-state index is 10.2. The Hall–Kier alpha value is -2.40. The van der Waals surface area contributed by atoms with Gasteiger partial charge in [0.2, 0.25) is 0 Å². The topological polar surface area (TPSA) is 60.2 Å². The molecule has 5 nitrogen and oxygen atoms in total. The summed E-state index contributed by atoms with van der Waals surface area (Å²) < 4.78 is 0. The quantitative estimate of drug-likeness (QED) is 0.779. The molecule has 1 aliphatic carbocycles. The lowest BCUT2D eigenvalue weighted by Gasteiger charge is -2.35. The van der Waals surface area contributed by atoms with Crippen molar-refractivity contribution in [2.75, 3.05) is 26.2 Å². The molecule has 0 saturated carbocycles. The predicted molar refractivity (Wildman–Crippen MR) is 96.8 cm³/mol. The maximum Gasteiger partial charge on any atom is 0.161 e. The fourth-order valence-corrected chi connectivity index (χ4v) is 3.40. The van der Waals surface area contributed by atoms with Crippen LogP contribution in [0.15, 0.2) is 57.5 Å². The minimum Gasteiger partial charge on any atom is -0.507 e. The first-order valence-corrected chi connectivity index (χ1v) is 8.50. The lowest BCUT2D eigenvalue weighted by molar-refractivity contribution is 0.356. The lowest BCUT2D eigenvalue weighted by atomic mass is 9.93. The number of amidine groups is 2. The molecule has 1 aromatic carbocycles. The Balaban J connectivity index is 1.78. The van der Waals surface area contributed by atoms with Gasteiger partial charge in [0, 0.05) is 31.8 Å². The second-order valence-electron chi connectivity index (χ2n) is 6.46. The highest BCUT2D eigenvalue weighted by atomic mass is 16.3. The summed E-state index contributed by atoms with van der Waals surface area (Å²) in [5.41, 5.74) is 3.22. The number of aromatic hydroxyl groups is 1. The number of benzene rings is 1. The average molecular weight is 322 g/mol. The lowest BCUT2D eigenvalue weighted by Crippen LogP contribution is -2.49. The number of phenolic OH excluding ortho intramolecular Hbond substituents is 1. The van der Waals surface area contributed by atoms with Gasteiger partial charge in [0.25, 0.3) is 0 Å². The van der Waals surface area contributed by atoms with Gasteiger partial charge in [-0.3, -0.25) is 4.99 Å². The summed E-state index contributed by atoms with van der Waals surface area (Å²) in [4.78, 5) is 12.0. The average Bonchev–Trinajstić information content (AvgIpc) is 2.61. The molecule has 2 heterocycles. The number of hydrogen-bond acceptors (Lipinski definition) is 5. The van der Waals surface area contributed by atoms with E-state index in [4.69, 9.17) is 9.98 Å². The molecule has 1 unspecified atom stereocenters. The molecule has 5 heteroatoms. The number of hydrogen-bond donors (Lipinski definition) is 2. The van der Waals surface area contributed by atoms with Crippen molar-refractivity contribution in [2.24, 2.45) is 9.98 Å². The van der Waals surface area contributed by atoms with Crippen LogP contribution in [-0.2, 0) is 0 Å². The predicted octanol–water partition coefficient (Wildman–Crippen LogP) is 2.10. The van der Waals surface area contributed by atoms with Gasteiger partial charge >= 0.3 is 0 Å². The molecular formula is C19H22N4O. The van der Waals surface area contributed by atoms with Crippen LogP contribution in [0.2, 0.25) is 0 Å². The smallest absolute Gasteiger partial charge is 0.161 e. The van der Waals surface area contributed by atoms with Crippen molar-refractivity contribution >= 4 is 11.7 Å². The van der Waals surface area contributed by atoms with Crippen molar-refractivity contribution in [3.63, 3.8) is 0 Å². The van der Waals surface area contributed by atoms with Crippen LogP contribution in [0.4, 0.5) is 0 Å². The molecule has 124 valence electrons. The van der Waals surface area contributed by atoms with E-state index in [1.807, 2.05) is 18.2 Å². The highest BCUT2D eigenvalue weighted by Crippen LogP contribution is 2.29. The Labute approximate surface area is 142 Å². The molecule has 0 amide bonds. The highest BCUT2D eigenvalue weighted by molar-refractivity contribution is 6.15. The largest absolute Gasteiger partial charge is 0.507 e. The zero-order chi connectivity index (χ0) is 16.5. The van der Waals surface area contributed by atoms with Crippen LogP contribution in [-0.4, -0.2) is 53.9 Å². The second kappa shape index (κ2) is 6.24. The van der Waals surface area contributed by atoms with E-state index in [-0.39, 0.29) is 11.8 Å².